The van der Waals surface area contributed by atoms with Crippen molar-refractivity contribution in [1.82, 2.24) is 9.62 Å². The molecule has 1 aliphatic rings. The molecule has 4 nitrogen and oxygen atoms in total. The van der Waals surface area contributed by atoms with Gasteiger partial charge in [-0.15, -0.1) is 0 Å². The Balaban J connectivity index is 2.33. The predicted molar refractivity (Wildman–Crippen MR) is 89.9 cm³/mol. The van der Waals surface area contributed by atoms with Gasteiger partial charge in [0.1, 0.15) is 0 Å². The number of sulfonamides is 1. The molecule has 0 saturated carbocycles. The van der Waals surface area contributed by atoms with Crippen LogP contribution in [0.3, 0.4) is 0 Å². The highest BCUT2D eigenvalue weighted by Gasteiger charge is 2.25. The lowest BCUT2D eigenvalue weighted by atomic mass is 9.91. The predicted octanol–water partition coefficient (Wildman–Crippen LogP) is 2.85. The van der Waals surface area contributed by atoms with Crippen LogP contribution in [0, 0.1) is 11.8 Å². The monoisotopic (exact) mass is 318 g/mol. The first kappa shape index (κ1) is 18.9. The summed E-state index contributed by atoms with van der Waals surface area (Å²) in [5.74, 6) is 1.21. The molecule has 0 radical (unpaired) electrons. The van der Waals surface area contributed by atoms with Gasteiger partial charge in [0.15, 0.2) is 0 Å². The van der Waals surface area contributed by atoms with Crippen LogP contribution in [0.25, 0.3) is 0 Å². The molecule has 2 unspecified atom stereocenters. The number of nitrogens with zero attached hydrogens (tertiary/aromatic N) is 1. The Morgan fingerprint density at radius 2 is 2.05 bits per heavy atom. The van der Waals surface area contributed by atoms with Crippen molar-refractivity contribution in [2.75, 3.05) is 25.9 Å². The summed E-state index contributed by atoms with van der Waals surface area (Å²) in [6, 6.07) is 0.597. The molecule has 1 saturated heterocycles. The molecule has 0 aromatic heterocycles. The molecule has 0 aromatic carbocycles. The smallest absolute Gasteiger partial charge is 0.211 e. The van der Waals surface area contributed by atoms with Crippen molar-refractivity contribution in [3.05, 3.63) is 0 Å². The number of hydrogen-bond donors (Lipinski definition) is 1. The highest BCUT2D eigenvalue weighted by atomic mass is 32.2. The minimum absolute atomic E-state index is 0.549. The third-order valence-corrected chi connectivity index (χ3v) is 5.81. The topological polar surface area (TPSA) is 49.4 Å². The Labute approximate surface area is 131 Å². The second kappa shape index (κ2) is 9.11. The van der Waals surface area contributed by atoms with Crippen LogP contribution in [0.2, 0.25) is 0 Å². The molecule has 1 rings (SSSR count). The van der Waals surface area contributed by atoms with E-state index in [1.54, 1.807) is 4.31 Å². The van der Waals surface area contributed by atoms with E-state index >= 15 is 0 Å². The van der Waals surface area contributed by atoms with E-state index < -0.39 is 10.0 Å². The van der Waals surface area contributed by atoms with Crippen molar-refractivity contribution in [3.63, 3.8) is 0 Å². The largest absolute Gasteiger partial charge is 0.314 e. The summed E-state index contributed by atoms with van der Waals surface area (Å²) in [5.41, 5.74) is 0. The molecule has 126 valence electrons. The molecule has 21 heavy (non-hydrogen) atoms. The SMILES string of the molecule is CCCNC(CCCC1CCCN(S(C)(=O)=O)C1)C(C)C. The van der Waals surface area contributed by atoms with Crippen LogP contribution in [-0.4, -0.2) is 44.7 Å². The summed E-state index contributed by atoms with van der Waals surface area (Å²) >= 11 is 0. The van der Waals surface area contributed by atoms with Gasteiger partial charge in [0.25, 0.3) is 0 Å². The van der Waals surface area contributed by atoms with Crippen molar-refractivity contribution in [2.45, 2.75) is 65.3 Å². The number of hydrogen-bond acceptors (Lipinski definition) is 3. The van der Waals surface area contributed by atoms with E-state index in [0.717, 1.165) is 25.9 Å². The Morgan fingerprint density at radius 1 is 1.33 bits per heavy atom. The normalized spacial score (nSPS) is 22.6. The lowest BCUT2D eigenvalue weighted by molar-refractivity contribution is 0.246. The van der Waals surface area contributed by atoms with Gasteiger partial charge in [0.2, 0.25) is 10.0 Å². The Hall–Kier alpha value is -0.130. The molecule has 0 bridgehead atoms. The Kier molecular flexibility index (Phi) is 8.21. The van der Waals surface area contributed by atoms with Gasteiger partial charge in [0, 0.05) is 19.1 Å². The van der Waals surface area contributed by atoms with Crippen LogP contribution in [0.15, 0.2) is 0 Å². The average molecular weight is 319 g/mol. The fourth-order valence-electron chi connectivity index (χ4n) is 3.19. The molecule has 2 atom stereocenters. The molecule has 1 heterocycles. The molecule has 0 amide bonds. The highest BCUT2D eigenvalue weighted by molar-refractivity contribution is 7.88. The van der Waals surface area contributed by atoms with Gasteiger partial charge in [-0.25, -0.2) is 12.7 Å². The summed E-state index contributed by atoms with van der Waals surface area (Å²) in [7, 11) is -3.00. The number of nitrogens with one attached hydrogen (secondary N) is 1. The van der Waals surface area contributed by atoms with Crippen molar-refractivity contribution in [1.29, 1.82) is 0 Å². The third-order valence-electron chi connectivity index (χ3n) is 4.54. The lowest BCUT2D eigenvalue weighted by Gasteiger charge is -2.31. The molecule has 0 spiro atoms. The highest BCUT2D eigenvalue weighted by Crippen LogP contribution is 2.24. The quantitative estimate of drug-likeness (QED) is 0.711. The zero-order valence-corrected chi connectivity index (χ0v) is 15.1. The third kappa shape index (κ3) is 7.11. The zero-order valence-electron chi connectivity index (χ0n) is 14.3. The molecule has 1 fully saturated rings. The van der Waals surface area contributed by atoms with E-state index in [-0.39, 0.29) is 0 Å². The molecular formula is C16H34N2O2S. The first-order valence-electron chi connectivity index (χ1n) is 8.53. The van der Waals surface area contributed by atoms with Crippen LogP contribution < -0.4 is 5.32 Å². The minimum atomic E-state index is -3.00. The second-order valence-electron chi connectivity index (χ2n) is 6.86. The summed E-state index contributed by atoms with van der Waals surface area (Å²) in [6.07, 6.45) is 8.26. The summed E-state index contributed by atoms with van der Waals surface area (Å²) < 4.78 is 24.9. The van der Waals surface area contributed by atoms with Gasteiger partial charge in [-0.2, -0.15) is 0 Å². The van der Waals surface area contributed by atoms with Gasteiger partial charge < -0.3 is 5.32 Å². The van der Waals surface area contributed by atoms with Crippen molar-refractivity contribution in [2.24, 2.45) is 11.8 Å². The van der Waals surface area contributed by atoms with E-state index in [0.29, 0.717) is 24.4 Å². The average Bonchev–Trinajstić information content (AvgIpc) is 2.41. The van der Waals surface area contributed by atoms with Crippen LogP contribution in [0.5, 0.6) is 0 Å². The van der Waals surface area contributed by atoms with Gasteiger partial charge in [-0.3, -0.25) is 0 Å². The van der Waals surface area contributed by atoms with Crippen molar-refractivity contribution in [3.8, 4) is 0 Å². The second-order valence-corrected chi connectivity index (χ2v) is 8.85. The van der Waals surface area contributed by atoms with Crippen LogP contribution in [0.1, 0.15) is 59.3 Å². The first-order valence-corrected chi connectivity index (χ1v) is 10.4. The first-order chi connectivity index (χ1) is 9.84. The van der Waals surface area contributed by atoms with Crippen molar-refractivity contribution < 1.29 is 8.42 Å². The van der Waals surface area contributed by atoms with Crippen LogP contribution in [-0.2, 0) is 10.0 Å². The fraction of sp³-hybridized carbons (Fsp3) is 1.00. The maximum atomic E-state index is 11.6. The molecule has 0 aromatic rings. The van der Waals surface area contributed by atoms with Gasteiger partial charge in [-0.05, 0) is 50.5 Å². The maximum absolute atomic E-state index is 11.6. The number of piperidine rings is 1. The fourth-order valence-corrected chi connectivity index (χ4v) is 4.13. The van der Waals surface area contributed by atoms with E-state index in [1.807, 2.05) is 0 Å². The zero-order chi connectivity index (χ0) is 15.9. The van der Waals surface area contributed by atoms with Crippen LogP contribution >= 0.6 is 0 Å². The summed E-state index contributed by atoms with van der Waals surface area (Å²) in [6.45, 7) is 9.29. The standard InChI is InChI=1S/C16H34N2O2S/c1-5-11-17-16(14(2)3)10-6-8-15-9-7-12-18(13-15)21(4,19)20/h14-17H,5-13H2,1-4H3. The van der Waals surface area contributed by atoms with Gasteiger partial charge in [0.05, 0.1) is 6.26 Å². The maximum Gasteiger partial charge on any atom is 0.211 e. The van der Waals surface area contributed by atoms with Crippen LogP contribution in [0.4, 0.5) is 0 Å². The lowest BCUT2D eigenvalue weighted by Crippen LogP contribution is -2.39. The Morgan fingerprint density at radius 3 is 2.62 bits per heavy atom. The van der Waals surface area contributed by atoms with E-state index in [9.17, 15) is 8.42 Å². The Bertz CT molecular complexity index is 382. The van der Waals surface area contributed by atoms with Gasteiger partial charge in [-0.1, -0.05) is 27.2 Å². The molecule has 1 N–H and O–H groups in total. The van der Waals surface area contributed by atoms with E-state index in [1.165, 1.54) is 31.9 Å². The van der Waals surface area contributed by atoms with E-state index in [2.05, 4.69) is 26.1 Å². The summed E-state index contributed by atoms with van der Waals surface area (Å²) in [5, 5.41) is 3.63. The molecule has 1 aliphatic heterocycles. The van der Waals surface area contributed by atoms with Crippen molar-refractivity contribution >= 4 is 10.0 Å². The molecular weight excluding hydrogens is 284 g/mol. The van der Waals surface area contributed by atoms with E-state index in [4.69, 9.17) is 0 Å². The molecule has 5 heteroatoms. The summed E-state index contributed by atoms with van der Waals surface area (Å²) in [4.78, 5) is 0. The minimum Gasteiger partial charge on any atom is -0.314 e. The number of rotatable bonds is 9. The van der Waals surface area contributed by atoms with Gasteiger partial charge >= 0.3 is 0 Å². The molecule has 0 aliphatic carbocycles.